The van der Waals surface area contributed by atoms with Crippen LogP contribution in [0.25, 0.3) is 0 Å². The number of amides is 1. The minimum absolute atomic E-state index is 0.0180. The van der Waals surface area contributed by atoms with Crippen LogP contribution in [0.4, 0.5) is 0 Å². The van der Waals surface area contributed by atoms with Gasteiger partial charge in [0, 0.05) is 6.54 Å². The summed E-state index contributed by atoms with van der Waals surface area (Å²) < 4.78 is 26.3. The quantitative estimate of drug-likeness (QED) is 0.716. The summed E-state index contributed by atoms with van der Waals surface area (Å²) >= 11 is 0. The number of carbonyl (C=O) groups excluding carboxylic acids is 1. The van der Waals surface area contributed by atoms with Crippen molar-refractivity contribution in [3.05, 3.63) is 30.3 Å². The molecule has 0 unspecified atom stereocenters. The van der Waals surface area contributed by atoms with Gasteiger partial charge in [-0.25, -0.2) is 13.6 Å². The minimum atomic E-state index is -3.54. The van der Waals surface area contributed by atoms with Crippen molar-refractivity contribution in [3.8, 4) is 5.75 Å². The Kier molecular flexibility index (Phi) is 4.92. The Balaban J connectivity index is 2.22. The molecule has 0 saturated carbocycles. The lowest BCUT2D eigenvalue weighted by atomic mass is 10.3. The normalized spacial score (nSPS) is 10.9. The molecule has 0 radical (unpaired) electrons. The van der Waals surface area contributed by atoms with E-state index in [1.807, 2.05) is 6.07 Å². The lowest BCUT2D eigenvalue weighted by Gasteiger charge is -2.06. The maximum atomic E-state index is 11.2. The van der Waals surface area contributed by atoms with Gasteiger partial charge in [-0.1, -0.05) is 18.2 Å². The third-order valence-electron chi connectivity index (χ3n) is 1.82. The van der Waals surface area contributed by atoms with Gasteiger partial charge in [0.2, 0.25) is 10.0 Å². The van der Waals surface area contributed by atoms with E-state index < -0.39 is 15.9 Å². The summed E-state index contributed by atoms with van der Waals surface area (Å²) in [5.41, 5.74) is 0. The van der Waals surface area contributed by atoms with Gasteiger partial charge in [0.15, 0.2) is 6.61 Å². The molecule has 94 valence electrons. The molecule has 7 heteroatoms. The summed E-state index contributed by atoms with van der Waals surface area (Å²) in [5.74, 6) is -0.101. The van der Waals surface area contributed by atoms with Gasteiger partial charge in [0.1, 0.15) is 5.75 Å². The van der Waals surface area contributed by atoms with Gasteiger partial charge in [-0.2, -0.15) is 0 Å². The summed E-state index contributed by atoms with van der Waals surface area (Å²) in [4.78, 5) is 11.2. The Morgan fingerprint density at radius 1 is 1.29 bits per heavy atom. The molecular weight excluding hydrogens is 244 g/mol. The molecule has 0 fully saturated rings. The van der Waals surface area contributed by atoms with Gasteiger partial charge in [0.25, 0.3) is 5.91 Å². The number of hydrogen-bond donors (Lipinski definition) is 2. The van der Waals surface area contributed by atoms with Crippen LogP contribution in [0.15, 0.2) is 30.3 Å². The molecule has 1 amide bonds. The molecule has 0 spiro atoms. The molecule has 1 rings (SSSR count). The van der Waals surface area contributed by atoms with Gasteiger partial charge in [-0.05, 0) is 12.1 Å². The van der Waals surface area contributed by atoms with Crippen molar-refractivity contribution in [2.24, 2.45) is 5.14 Å². The van der Waals surface area contributed by atoms with E-state index in [9.17, 15) is 13.2 Å². The lowest BCUT2D eigenvalue weighted by Crippen LogP contribution is -2.34. The molecule has 17 heavy (non-hydrogen) atoms. The van der Waals surface area contributed by atoms with E-state index in [2.05, 4.69) is 5.32 Å². The van der Waals surface area contributed by atoms with Crippen LogP contribution in [0, 0.1) is 0 Å². The Morgan fingerprint density at radius 2 is 1.94 bits per heavy atom. The third kappa shape index (κ3) is 6.54. The summed E-state index contributed by atoms with van der Waals surface area (Å²) in [7, 11) is -3.54. The van der Waals surface area contributed by atoms with Crippen LogP contribution in [0.2, 0.25) is 0 Å². The maximum Gasteiger partial charge on any atom is 0.257 e. The van der Waals surface area contributed by atoms with Crippen molar-refractivity contribution in [3.63, 3.8) is 0 Å². The van der Waals surface area contributed by atoms with E-state index in [-0.39, 0.29) is 18.9 Å². The van der Waals surface area contributed by atoms with Crippen LogP contribution in [0.3, 0.4) is 0 Å². The number of rotatable bonds is 6. The van der Waals surface area contributed by atoms with Crippen LogP contribution in [0.1, 0.15) is 0 Å². The number of para-hydroxylation sites is 1. The molecular formula is C10H14N2O4S. The molecule has 0 bridgehead atoms. The lowest BCUT2D eigenvalue weighted by molar-refractivity contribution is -0.122. The summed E-state index contributed by atoms with van der Waals surface area (Å²) in [5, 5.41) is 7.16. The van der Waals surface area contributed by atoms with Crippen molar-refractivity contribution in [2.45, 2.75) is 0 Å². The van der Waals surface area contributed by atoms with E-state index in [0.717, 1.165) is 0 Å². The topological polar surface area (TPSA) is 98.5 Å². The second-order valence-electron chi connectivity index (χ2n) is 3.32. The number of nitrogens with two attached hydrogens (primary N) is 1. The first-order chi connectivity index (χ1) is 7.97. The van der Waals surface area contributed by atoms with E-state index in [1.165, 1.54) is 0 Å². The van der Waals surface area contributed by atoms with E-state index in [0.29, 0.717) is 5.75 Å². The molecule has 1 aromatic carbocycles. The summed E-state index contributed by atoms with van der Waals surface area (Å²) in [6.45, 7) is -0.176. The highest BCUT2D eigenvalue weighted by Gasteiger charge is 2.05. The largest absolute Gasteiger partial charge is 0.484 e. The average Bonchev–Trinajstić information content (AvgIpc) is 2.26. The molecule has 0 saturated heterocycles. The van der Waals surface area contributed by atoms with E-state index >= 15 is 0 Å². The molecule has 0 atom stereocenters. The van der Waals surface area contributed by atoms with Crippen molar-refractivity contribution >= 4 is 15.9 Å². The van der Waals surface area contributed by atoms with Crippen molar-refractivity contribution < 1.29 is 17.9 Å². The van der Waals surface area contributed by atoms with Gasteiger partial charge >= 0.3 is 0 Å². The molecule has 0 aromatic heterocycles. The highest BCUT2D eigenvalue weighted by Crippen LogP contribution is 2.07. The average molecular weight is 258 g/mol. The van der Waals surface area contributed by atoms with Gasteiger partial charge in [-0.15, -0.1) is 0 Å². The SMILES string of the molecule is NS(=O)(=O)CCNC(=O)COc1ccccc1. The van der Waals surface area contributed by atoms with Crippen molar-refractivity contribution in [1.29, 1.82) is 0 Å². The molecule has 3 N–H and O–H groups in total. The fraction of sp³-hybridized carbons (Fsp3) is 0.300. The zero-order valence-corrected chi connectivity index (χ0v) is 9.94. The predicted molar refractivity (Wildman–Crippen MR) is 62.9 cm³/mol. The zero-order chi connectivity index (χ0) is 12.7. The van der Waals surface area contributed by atoms with Gasteiger partial charge in [0.05, 0.1) is 5.75 Å². The second kappa shape index (κ2) is 6.21. The van der Waals surface area contributed by atoms with E-state index in [4.69, 9.17) is 9.88 Å². The monoisotopic (exact) mass is 258 g/mol. The highest BCUT2D eigenvalue weighted by molar-refractivity contribution is 7.89. The predicted octanol–water partition coefficient (Wildman–Crippen LogP) is -0.530. The first-order valence-electron chi connectivity index (χ1n) is 4.92. The van der Waals surface area contributed by atoms with Gasteiger partial charge in [-0.3, -0.25) is 4.79 Å². The Morgan fingerprint density at radius 3 is 2.53 bits per heavy atom. The fourth-order valence-electron chi connectivity index (χ4n) is 1.05. The Bertz CT molecular complexity index is 458. The molecule has 1 aromatic rings. The molecule has 0 heterocycles. The highest BCUT2D eigenvalue weighted by atomic mass is 32.2. The molecule has 0 aliphatic rings. The summed E-state index contributed by atoms with van der Waals surface area (Å²) in [6.07, 6.45) is 0. The van der Waals surface area contributed by atoms with Crippen molar-refractivity contribution in [1.82, 2.24) is 5.32 Å². The maximum absolute atomic E-state index is 11.2. The standard InChI is InChI=1S/C10H14N2O4S/c11-17(14,15)7-6-12-10(13)8-16-9-4-2-1-3-5-9/h1-5H,6-8H2,(H,12,13)(H2,11,14,15). The first kappa shape index (κ1) is 13.5. The number of ether oxygens (including phenoxy) is 1. The number of hydrogen-bond acceptors (Lipinski definition) is 4. The minimum Gasteiger partial charge on any atom is -0.484 e. The zero-order valence-electron chi connectivity index (χ0n) is 9.13. The first-order valence-corrected chi connectivity index (χ1v) is 6.64. The molecule has 0 aliphatic carbocycles. The molecule has 0 aliphatic heterocycles. The number of primary sulfonamides is 1. The number of carbonyl (C=O) groups is 1. The van der Waals surface area contributed by atoms with Crippen LogP contribution in [-0.2, 0) is 14.8 Å². The summed E-state index contributed by atoms with van der Waals surface area (Å²) in [6, 6.07) is 8.84. The van der Waals surface area contributed by atoms with Crippen LogP contribution in [0.5, 0.6) is 5.75 Å². The van der Waals surface area contributed by atoms with Crippen molar-refractivity contribution in [2.75, 3.05) is 18.9 Å². The Labute approximate surface area is 99.8 Å². The number of nitrogens with one attached hydrogen (secondary N) is 1. The fourth-order valence-corrected chi connectivity index (χ4v) is 1.44. The van der Waals surface area contributed by atoms with Crippen LogP contribution >= 0.6 is 0 Å². The Hall–Kier alpha value is -1.60. The number of benzene rings is 1. The van der Waals surface area contributed by atoms with E-state index in [1.54, 1.807) is 24.3 Å². The third-order valence-corrected chi connectivity index (χ3v) is 2.60. The second-order valence-corrected chi connectivity index (χ2v) is 5.05. The van der Waals surface area contributed by atoms with Gasteiger partial charge < -0.3 is 10.1 Å². The smallest absolute Gasteiger partial charge is 0.257 e. The number of sulfonamides is 1. The van der Waals surface area contributed by atoms with Crippen LogP contribution in [-0.4, -0.2) is 33.2 Å². The molecule has 6 nitrogen and oxygen atoms in total. The van der Waals surface area contributed by atoms with Crippen LogP contribution < -0.4 is 15.2 Å².